The van der Waals surface area contributed by atoms with Crippen LogP contribution in [0.4, 0.5) is 0 Å². The molecule has 0 saturated carbocycles. The first kappa shape index (κ1) is 32.2. The zero-order valence-corrected chi connectivity index (χ0v) is 27.8. The number of nitrogens with zero attached hydrogens (tertiary/aromatic N) is 1. The molecule has 1 aliphatic carbocycles. The molecule has 4 aliphatic heterocycles. The van der Waals surface area contributed by atoms with Crippen LogP contribution in [0.25, 0.3) is 0 Å². The lowest BCUT2D eigenvalue weighted by Crippen LogP contribution is -2.70. The number of carboxylic acid groups (broad SMARTS) is 2. The Bertz CT molecular complexity index is 2250. The fourth-order valence-corrected chi connectivity index (χ4v) is 8.63. The molecule has 3 aromatic rings. The van der Waals surface area contributed by atoms with E-state index in [0.717, 1.165) is 4.88 Å². The molecule has 5 aliphatic rings. The predicted molar refractivity (Wildman–Crippen MR) is 179 cm³/mol. The lowest BCUT2D eigenvalue weighted by atomic mass is 9.76. The average Bonchev–Trinajstić information content (AvgIpc) is 3.74. The van der Waals surface area contributed by atoms with Crippen LogP contribution in [-0.4, -0.2) is 75.2 Å². The highest BCUT2D eigenvalue weighted by molar-refractivity contribution is 8.00. The Labute approximate surface area is 296 Å². The van der Waals surface area contributed by atoms with Gasteiger partial charge in [-0.2, -0.15) is 0 Å². The van der Waals surface area contributed by atoms with E-state index >= 15 is 0 Å². The van der Waals surface area contributed by atoms with Crippen molar-refractivity contribution < 1.29 is 53.1 Å². The fourth-order valence-electron chi connectivity index (χ4n) is 6.60. The molecule has 51 heavy (non-hydrogen) atoms. The summed E-state index contributed by atoms with van der Waals surface area (Å²) in [6, 6.07) is 12.4. The van der Waals surface area contributed by atoms with Gasteiger partial charge in [-0.15, -0.1) is 23.1 Å². The SMILES string of the molecule is O=C(O)COc1ccc2c(c1)Oc1cc(OCC3=C(C(=O)O)N4C(=O)C(NC(=O)Cc5cccs5)C4SC3)ccc1C21OC(=O)C2=C1C=C=C=C2. The molecule has 2 amide bonds. The number of carbonyl (C=O) groups excluding carboxylic acids is 3. The molecule has 0 radical (unpaired) electrons. The second-order valence-corrected chi connectivity index (χ2v) is 14.0. The van der Waals surface area contributed by atoms with E-state index in [4.69, 9.17) is 24.1 Å². The van der Waals surface area contributed by atoms with E-state index in [-0.39, 0.29) is 47.6 Å². The molecule has 3 atom stereocenters. The maximum Gasteiger partial charge on any atom is 0.352 e. The topological polar surface area (TPSA) is 178 Å². The third-order valence-electron chi connectivity index (χ3n) is 8.79. The van der Waals surface area contributed by atoms with Crippen molar-refractivity contribution in [3.05, 3.63) is 116 Å². The van der Waals surface area contributed by atoms with Crippen molar-refractivity contribution in [2.45, 2.75) is 23.4 Å². The summed E-state index contributed by atoms with van der Waals surface area (Å²) in [6.45, 7) is -0.751. The van der Waals surface area contributed by atoms with Crippen LogP contribution in [0.5, 0.6) is 23.0 Å². The van der Waals surface area contributed by atoms with Gasteiger partial charge in [-0.05, 0) is 41.8 Å². The van der Waals surface area contributed by atoms with Gasteiger partial charge in [0.1, 0.15) is 46.7 Å². The van der Waals surface area contributed by atoms with Gasteiger partial charge in [0.05, 0.1) is 12.0 Å². The Hall–Kier alpha value is -5.98. The number of β-lactam (4-membered cyclic amide) rings is 1. The van der Waals surface area contributed by atoms with Gasteiger partial charge in [0.2, 0.25) is 5.91 Å². The van der Waals surface area contributed by atoms with Crippen molar-refractivity contribution in [3.63, 3.8) is 0 Å². The van der Waals surface area contributed by atoms with E-state index in [0.29, 0.717) is 33.6 Å². The van der Waals surface area contributed by atoms with Gasteiger partial charge in [0, 0.05) is 51.1 Å². The Balaban J connectivity index is 1.06. The summed E-state index contributed by atoms with van der Waals surface area (Å²) in [6.07, 6.45) is 3.24. The molecule has 1 aromatic heterocycles. The summed E-state index contributed by atoms with van der Waals surface area (Å²) in [7, 11) is 0. The van der Waals surface area contributed by atoms with Gasteiger partial charge in [0.15, 0.2) is 12.2 Å². The normalized spacial score (nSPS) is 22.0. The van der Waals surface area contributed by atoms with E-state index in [9.17, 15) is 29.1 Å². The minimum absolute atomic E-state index is 0.127. The molecule has 2 aromatic carbocycles. The molecule has 0 bridgehead atoms. The summed E-state index contributed by atoms with van der Waals surface area (Å²) in [5.41, 5.74) is 6.18. The summed E-state index contributed by atoms with van der Waals surface area (Å²) >= 11 is 2.76. The first-order valence-corrected chi connectivity index (χ1v) is 17.4. The average molecular weight is 725 g/mol. The second-order valence-electron chi connectivity index (χ2n) is 11.8. The van der Waals surface area contributed by atoms with Gasteiger partial charge in [-0.25, -0.2) is 14.4 Å². The number of hydrogen-bond donors (Lipinski definition) is 3. The van der Waals surface area contributed by atoms with Crippen molar-refractivity contribution in [2.75, 3.05) is 19.0 Å². The number of thiophene rings is 1. The Morgan fingerprint density at radius 2 is 1.73 bits per heavy atom. The fraction of sp³-hybridized carbons (Fsp3) is 0.194. The van der Waals surface area contributed by atoms with Crippen LogP contribution in [-0.2, 0) is 40.7 Å². The summed E-state index contributed by atoms with van der Waals surface area (Å²) in [4.78, 5) is 64.4. The number of fused-ring (bicyclic) bond motifs is 6. The first-order chi connectivity index (χ1) is 24.6. The highest BCUT2D eigenvalue weighted by Gasteiger charge is 2.55. The number of nitrogens with one attached hydrogen (secondary N) is 1. The van der Waals surface area contributed by atoms with Crippen molar-refractivity contribution in [3.8, 4) is 23.0 Å². The van der Waals surface area contributed by atoms with Crippen LogP contribution in [0.1, 0.15) is 16.0 Å². The molecule has 1 fully saturated rings. The number of thioether (sulfide) groups is 1. The maximum absolute atomic E-state index is 13.1. The van der Waals surface area contributed by atoms with E-state index in [1.165, 1.54) is 40.1 Å². The molecule has 8 rings (SSSR count). The highest BCUT2D eigenvalue weighted by Crippen LogP contribution is 2.57. The Morgan fingerprint density at radius 3 is 2.41 bits per heavy atom. The molecular formula is C36H24N2O11S2. The van der Waals surface area contributed by atoms with Crippen LogP contribution in [0.15, 0.2) is 99.9 Å². The standard InChI is InChI=1S/C36H24N2O11S2/c39-28(14-21-4-3-11-50-21)37-30-32(42)38-31(34(43)44)18(17-51-33(30)38)15-46-19-7-9-24-26(12-19)48-27-13-20(47-16-29(40)41)8-10-25(27)36(24)23-6-2-1-5-22(23)35(45)49-36/h3-13,30,33H,14-17H2,(H,37,39)(H,40,41)(H,43,44). The quantitative estimate of drug-likeness (QED) is 0.157. The van der Waals surface area contributed by atoms with E-state index in [1.807, 2.05) is 17.5 Å². The predicted octanol–water partition coefficient (Wildman–Crippen LogP) is 3.65. The molecule has 3 unspecified atom stereocenters. The van der Waals surface area contributed by atoms with Gasteiger partial charge in [-0.3, -0.25) is 14.5 Å². The second kappa shape index (κ2) is 12.4. The lowest BCUT2D eigenvalue weighted by Gasteiger charge is -2.49. The number of carbonyl (C=O) groups is 5. The number of ether oxygens (including phenoxy) is 4. The number of hydrogen-bond acceptors (Lipinski definition) is 11. The molecule has 1 spiro atoms. The number of carboxylic acids is 2. The summed E-state index contributed by atoms with van der Waals surface area (Å²) in [5, 5.41) is 23.3. The molecule has 3 N–H and O–H groups in total. The molecule has 13 nitrogen and oxygen atoms in total. The maximum atomic E-state index is 13.1. The van der Waals surface area contributed by atoms with Gasteiger partial charge >= 0.3 is 17.9 Å². The number of amides is 2. The van der Waals surface area contributed by atoms with Gasteiger partial charge in [-0.1, -0.05) is 17.5 Å². The number of rotatable bonds is 10. The van der Waals surface area contributed by atoms with E-state index in [2.05, 4.69) is 16.8 Å². The van der Waals surface area contributed by atoms with Crippen molar-refractivity contribution in [1.82, 2.24) is 10.2 Å². The molecule has 5 heterocycles. The Kier molecular flexibility index (Phi) is 7.85. The van der Waals surface area contributed by atoms with Gasteiger partial charge in [0.25, 0.3) is 5.91 Å². The van der Waals surface area contributed by atoms with Crippen LogP contribution in [0, 0.1) is 0 Å². The van der Waals surface area contributed by atoms with Crippen LogP contribution < -0.4 is 19.5 Å². The summed E-state index contributed by atoms with van der Waals surface area (Å²) < 4.78 is 23.8. The molecule has 256 valence electrons. The molecular weight excluding hydrogens is 701 g/mol. The van der Waals surface area contributed by atoms with Crippen molar-refractivity contribution in [1.29, 1.82) is 0 Å². The smallest absolute Gasteiger partial charge is 0.352 e. The highest BCUT2D eigenvalue weighted by atomic mass is 32.2. The monoisotopic (exact) mass is 724 g/mol. The third-order valence-corrected chi connectivity index (χ3v) is 11.0. The van der Waals surface area contributed by atoms with Gasteiger partial charge < -0.3 is 34.5 Å². The number of esters is 1. The van der Waals surface area contributed by atoms with Crippen LogP contribution in [0.2, 0.25) is 0 Å². The van der Waals surface area contributed by atoms with Crippen LogP contribution >= 0.6 is 23.1 Å². The Morgan fingerprint density at radius 1 is 1.00 bits per heavy atom. The van der Waals surface area contributed by atoms with Crippen LogP contribution in [0.3, 0.4) is 0 Å². The zero-order chi connectivity index (χ0) is 35.4. The minimum atomic E-state index is -1.44. The van der Waals surface area contributed by atoms with E-state index < -0.39 is 47.4 Å². The summed E-state index contributed by atoms with van der Waals surface area (Å²) in [5.74, 6) is -2.61. The van der Waals surface area contributed by atoms with Crippen molar-refractivity contribution >= 4 is 52.8 Å². The number of aliphatic carboxylic acids is 2. The number of benzene rings is 2. The molecule has 15 heteroatoms. The first-order valence-electron chi connectivity index (χ1n) is 15.5. The van der Waals surface area contributed by atoms with Crippen molar-refractivity contribution in [2.24, 2.45) is 0 Å². The van der Waals surface area contributed by atoms with E-state index in [1.54, 1.807) is 36.4 Å². The zero-order valence-electron chi connectivity index (χ0n) is 26.2. The molecule has 1 saturated heterocycles. The minimum Gasteiger partial charge on any atom is -0.489 e. The lowest BCUT2D eigenvalue weighted by molar-refractivity contribution is -0.150. The third kappa shape index (κ3) is 5.40. The largest absolute Gasteiger partial charge is 0.489 e.